The number of hydrogen-bond acceptors (Lipinski definition) is 2. The van der Waals surface area contributed by atoms with Crippen molar-refractivity contribution in [2.24, 2.45) is 0 Å². The van der Waals surface area contributed by atoms with Crippen molar-refractivity contribution in [1.82, 2.24) is 0 Å². The van der Waals surface area contributed by atoms with Gasteiger partial charge in [-0.1, -0.05) is 47.5 Å². The summed E-state index contributed by atoms with van der Waals surface area (Å²) in [5.41, 5.74) is 2.79. The summed E-state index contributed by atoms with van der Waals surface area (Å²) in [4.78, 5) is 11.6. The highest BCUT2D eigenvalue weighted by Gasteiger charge is 2.11. The van der Waals surface area contributed by atoms with Crippen LogP contribution in [0, 0.1) is 0 Å². The first-order valence-electron chi connectivity index (χ1n) is 5.93. The second kappa shape index (κ2) is 7.02. The lowest BCUT2D eigenvalue weighted by Crippen LogP contribution is -2.18. The van der Waals surface area contributed by atoms with Crippen LogP contribution >= 0.6 is 35.0 Å². The van der Waals surface area contributed by atoms with E-state index >= 15 is 0 Å². The zero-order valence-electron chi connectivity index (χ0n) is 10.8. The average Bonchev–Trinajstić information content (AvgIpc) is 2.47. The topological polar surface area (TPSA) is 29.1 Å². The largest absolute Gasteiger partial charge is 0.324 e. The molecule has 2 nitrogen and oxygen atoms in total. The van der Waals surface area contributed by atoms with Gasteiger partial charge in [-0.05, 0) is 41.6 Å². The number of hydrogen-bond donors (Lipinski definition) is 1. The molecular weight excluding hydrogens is 313 g/mol. The van der Waals surface area contributed by atoms with Gasteiger partial charge < -0.3 is 5.32 Å². The van der Waals surface area contributed by atoms with Gasteiger partial charge in [0.1, 0.15) is 0 Å². The summed E-state index contributed by atoms with van der Waals surface area (Å²) in [6.07, 6.45) is 2.04. The maximum atomic E-state index is 11.5. The Morgan fingerprint density at radius 3 is 2.40 bits per heavy atom. The smallest absolute Gasteiger partial charge is 0.257 e. The normalized spacial score (nSPS) is 10.6. The highest BCUT2D eigenvalue weighted by atomic mass is 35.5. The molecule has 0 aliphatic heterocycles. The van der Waals surface area contributed by atoms with Gasteiger partial charge in [0.05, 0.1) is 0 Å². The Kier molecular flexibility index (Phi) is 5.35. The van der Waals surface area contributed by atoms with Crippen molar-refractivity contribution in [1.29, 1.82) is 0 Å². The molecule has 0 radical (unpaired) electrons. The van der Waals surface area contributed by atoms with E-state index in [1.54, 1.807) is 17.8 Å². The number of benzene rings is 2. The van der Waals surface area contributed by atoms with E-state index in [4.69, 9.17) is 23.2 Å². The molecule has 0 spiro atoms. The quantitative estimate of drug-likeness (QED) is 0.645. The monoisotopic (exact) mass is 325 g/mol. The van der Waals surface area contributed by atoms with E-state index in [1.165, 1.54) is 4.90 Å². The SMILES string of the molecule is CSc1ccc(-c2cccc(NC(=O)C(Cl)Cl)c2)cc1. The second-order valence-corrected chi connectivity index (χ2v) is 6.08. The Bertz CT molecular complexity index is 599. The zero-order chi connectivity index (χ0) is 14.5. The molecule has 0 unspecified atom stereocenters. The number of carbonyl (C=O) groups is 1. The number of thioether (sulfide) groups is 1. The fourth-order valence-electron chi connectivity index (χ4n) is 1.76. The molecule has 2 rings (SSSR count). The molecule has 2 aromatic rings. The average molecular weight is 326 g/mol. The van der Waals surface area contributed by atoms with Gasteiger partial charge in [0.15, 0.2) is 4.84 Å². The summed E-state index contributed by atoms with van der Waals surface area (Å²) in [5.74, 6) is -0.428. The molecule has 0 atom stereocenters. The van der Waals surface area contributed by atoms with Crippen LogP contribution in [0.3, 0.4) is 0 Å². The van der Waals surface area contributed by atoms with E-state index in [2.05, 4.69) is 29.6 Å². The predicted molar refractivity (Wildman–Crippen MR) is 87.8 cm³/mol. The van der Waals surface area contributed by atoms with E-state index in [0.29, 0.717) is 5.69 Å². The highest BCUT2D eigenvalue weighted by molar-refractivity contribution is 7.98. The van der Waals surface area contributed by atoms with Crippen LogP contribution < -0.4 is 5.32 Å². The number of alkyl halides is 2. The van der Waals surface area contributed by atoms with E-state index in [1.807, 2.05) is 24.5 Å². The van der Waals surface area contributed by atoms with Crippen molar-refractivity contribution < 1.29 is 4.79 Å². The Morgan fingerprint density at radius 1 is 1.10 bits per heavy atom. The molecular formula is C15H13Cl2NOS. The number of anilines is 1. The fourth-order valence-corrected chi connectivity index (χ4v) is 2.27. The van der Waals surface area contributed by atoms with Crippen LogP contribution in [0.5, 0.6) is 0 Å². The minimum Gasteiger partial charge on any atom is -0.324 e. The summed E-state index contributed by atoms with van der Waals surface area (Å²) >= 11 is 12.7. The summed E-state index contributed by atoms with van der Waals surface area (Å²) in [6.45, 7) is 0. The van der Waals surface area contributed by atoms with Gasteiger partial charge in [-0.3, -0.25) is 4.79 Å². The van der Waals surface area contributed by atoms with Gasteiger partial charge in [0, 0.05) is 10.6 Å². The van der Waals surface area contributed by atoms with Crippen LogP contribution in [0.1, 0.15) is 0 Å². The van der Waals surface area contributed by atoms with Crippen LogP contribution in [-0.2, 0) is 4.79 Å². The maximum absolute atomic E-state index is 11.5. The zero-order valence-corrected chi connectivity index (χ0v) is 13.1. The van der Waals surface area contributed by atoms with Gasteiger partial charge in [0.25, 0.3) is 5.91 Å². The Labute approximate surface area is 132 Å². The summed E-state index contributed by atoms with van der Waals surface area (Å²) in [7, 11) is 0. The number of carbonyl (C=O) groups excluding carboxylic acids is 1. The maximum Gasteiger partial charge on any atom is 0.257 e. The molecule has 0 aliphatic carbocycles. The van der Waals surface area contributed by atoms with E-state index in [-0.39, 0.29) is 0 Å². The molecule has 0 saturated carbocycles. The van der Waals surface area contributed by atoms with Gasteiger partial charge in [-0.2, -0.15) is 0 Å². The van der Waals surface area contributed by atoms with Gasteiger partial charge in [-0.15, -0.1) is 11.8 Å². The summed E-state index contributed by atoms with van der Waals surface area (Å²) in [6, 6.07) is 15.8. The summed E-state index contributed by atoms with van der Waals surface area (Å²) < 4.78 is 0. The Balaban J connectivity index is 2.22. The number of halogens is 2. The van der Waals surface area contributed by atoms with Crippen molar-refractivity contribution >= 4 is 46.6 Å². The third-order valence-electron chi connectivity index (χ3n) is 2.75. The lowest BCUT2D eigenvalue weighted by Gasteiger charge is -2.08. The lowest BCUT2D eigenvalue weighted by molar-refractivity contribution is -0.114. The first kappa shape index (κ1) is 15.2. The van der Waals surface area contributed by atoms with Gasteiger partial charge in [-0.25, -0.2) is 0 Å². The van der Waals surface area contributed by atoms with Crippen molar-refractivity contribution in [3.05, 3.63) is 48.5 Å². The molecule has 0 saturated heterocycles. The Morgan fingerprint density at radius 2 is 1.80 bits per heavy atom. The molecule has 0 aliphatic rings. The lowest BCUT2D eigenvalue weighted by atomic mass is 10.1. The molecule has 104 valence electrons. The fraction of sp³-hybridized carbons (Fsp3) is 0.133. The van der Waals surface area contributed by atoms with Crippen molar-refractivity contribution in [2.45, 2.75) is 9.73 Å². The molecule has 0 aromatic heterocycles. The van der Waals surface area contributed by atoms with Crippen molar-refractivity contribution in [3.8, 4) is 11.1 Å². The third kappa shape index (κ3) is 3.92. The number of amides is 1. The molecule has 5 heteroatoms. The minimum absolute atomic E-state index is 0.428. The first-order valence-corrected chi connectivity index (χ1v) is 8.03. The number of rotatable bonds is 4. The molecule has 2 aromatic carbocycles. The standard InChI is InChI=1S/C15H13Cl2NOS/c1-20-13-7-5-10(6-8-13)11-3-2-4-12(9-11)18-15(19)14(16)17/h2-9,14H,1H3,(H,18,19). The van der Waals surface area contributed by atoms with Crippen LogP contribution in [0.25, 0.3) is 11.1 Å². The second-order valence-electron chi connectivity index (χ2n) is 4.10. The molecule has 1 amide bonds. The highest BCUT2D eigenvalue weighted by Crippen LogP contribution is 2.25. The van der Waals surface area contributed by atoms with E-state index in [9.17, 15) is 4.79 Å². The van der Waals surface area contributed by atoms with Crippen LogP contribution in [0.4, 0.5) is 5.69 Å². The van der Waals surface area contributed by atoms with E-state index < -0.39 is 10.7 Å². The minimum atomic E-state index is -1.07. The van der Waals surface area contributed by atoms with Crippen LogP contribution in [0.2, 0.25) is 0 Å². The molecule has 20 heavy (non-hydrogen) atoms. The van der Waals surface area contributed by atoms with Gasteiger partial charge in [0.2, 0.25) is 0 Å². The third-order valence-corrected chi connectivity index (χ3v) is 3.89. The van der Waals surface area contributed by atoms with Crippen molar-refractivity contribution in [3.63, 3.8) is 0 Å². The summed E-state index contributed by atoms with van der Waals surface area (Å²) in [5, 5.41) is 2.67. The van der Waals surface area contributed by atoms with Crippen molar-refractivity contribution in [2.75, 3.05) is 11.6 Å². The molecule has 0 heterocycles. The van der Waals surface area contributed by atoms with Crippen LogP contribution in [-0.4, -0.2) is 17.0 Å². The van der Waals surface area contributed by atoms with E-state index in [0.717, 1.165) is 11.1 Å². The number of nitrogens with one attached hydrogen (secondary N) is 1. The first-order chi connectivity index (χ1) is 9.60. The predicted octanol–water partition coefficient (Wildman–Crippen LogP) is 4.82. The molecule has 0 bridgehead atoms. The van der Waals surface area contributed by atoms with Crippen LogP contribution in [0.15, 0.2) is 53.4 Å². The molecule has 1 N–H and O–H groups in total. The Hall–Kier alpha value is -1.16. The van der Waals surface area contributed by atoms with Gasteiger partial charge >= 0.3 is 0 Å². The molecule has 0 fully saturated rings.